The van der Waals surface area contributed by atoms with Crippen molar-refractivity contribution in [3.63, 3.8) is 0 Å². The molecule has 1 aromatic rings. The molecule has 0 atom stereocenters. The third kappa shape index (κ3) is 3.57. The third-order valence-corrected chi connectivity index (χ3v) is 6.96. The summed E-state index contributed by atoms with van der Waals surface area (Å²) in [5.74, 6) is 0.510. The average Bonchev–Trinajstić information content (AvgIpc) is 2.57. The molecule has 6 nitrogen and oxygen atoms in total. The minimum atomic E-state index is -3.13. The molecule has 0 amide bonds. The predicted octanol–water partition coefficient (Wildman–Crippen LogP) is 1.98. The number of hydrogen-bond acceptors (Lipinski definition) is 5. The Kier molecular flexibility index (Phi) is 4.93. The molecule has 1 saturated heterocycles. The van der Waals surface area contributed by atoms with Crippen LogP contribution in [0.5, 0.6) is 5.88 Å². The molecule has 7 heteroatoms. The second kappa shape index (κ2) is 6.91. The number of sulfonamides is 1. The molecule has 0 bridgehead atoms. The normalized spacial score (nSPS) is 22.5. The molecule has 2 aliphatic rings. The van der Waals surface area contributed by atoms with E-state index in [1.807, 2.05) is 0 Å². The summed E-state index contributed by atoms with van der Waals surface area (Å²) in [6, 6.07) is 0. The molecule has 1 aromatic heterocycles. The third-order valence-electron chi connectivity index (χ3n) is 4.56. The highest BCUT2D eigenvalue weighted by Gasteiger charge is 2.35. The van der Waals surface area contributed by atoms with Crippen LogP contribution in [0.25, 0.3) is 0 Å². The second-order valence-corrected chi connectivity index (χ2v) is 8.28. The Balaban J connectivity index is 1.54. The quantitative estimate of drug-likeness (QED) is 0.846. The van der Waals surface area contributed by atoms with E-state index < -0.39 is 10.0 Å². The Morgan fingerprint density at radius 1 is 1.05 bits per heavy atom. The molecular weight excluding hydrogens is 302 g/mol. The van der Waals surface area contributed by atoms with Gasteiger partial charge in [-0.1, -0.05) is 19.3 Å². The number of nitrogens with zero attached hydrogens (tertiary/aromatic N) is 3. The first-order valence-corrected chi connectivity index (χ1v) is 9.58. The summed E-state index contributed by atoms with van der Waals surface area (Å²) in [5.41, 5.74) is 0. The van der Waals surface area contributed by atoms with E-state index in [0.29, 0.717) is 31.8 Å². The highest BCUT2D eigenvalue weighted by Crippen LogP contribution is 2.28. The predicted molar refractivity (Wildman–Crippen MR) is 83.0 cm³/mol. The van der Waals surface area contributed by atoms with Gasteiger partial charge in [0.2, 0.25) is 15.9 Å². The van der Waals surface area contributed by atoms with Crippen molar-refractivity contribution in [2.45, 2.75) is 56.3 Å². The van der Waals surface area contributed by atoms with Gasteiger partial charge in [-0.25, -0.2) is 17.7 Å². The maximum Gasteiger partial charge on any atom is 0.232 e. The van der Waals surface area contributed by atoms with Crippen molar-refractivity contribution in [2.24, 2.45) is 0 Å². The van der Waals surface area contributed by atoms with Gasteiger partial charge in [0.25, 0.3) is 0 Å². The number of ether oxygens (including phenoxy) is 1. The van der Waals surface area contributed by atoms with Gasteiger partial charge in [-0.15, -0.1) is 0 Å². The lowest BCUT2D eigenvalue weighted by atomic mass is 10.0. The van der Waals surface area contributed by atoms with E-state index in [0.717, 1.165) is 25.7 Å². The van der Waals surface area contributed by atoms with Crippen LogP contribution >= 0.6 is 0 Å². The van der Waals surface area contributed by atoms with Crippen LogP contribution in [-0.4, -0.2) is 47.1 Å². The zero-order valence-corrected chi connectivity index (χ0v) is 13.5. The molecule has 22 heavy (non-hydrogen) atoms. The molecule has 1 aliphatic heterocycles. The van der Waals surface area contributed by atoms with E-state index in [-0.39, 0.29) is 11.4 Å². The van der Waals surface area contributed by atoms with E-state index in [1.54, 1.807) is 22.9 Å². The molecule has 2 heterocycles. The molecule has 0 spiro atoms. The fourth-order valence-electron chi connectivity index (χ4n) is 3.30. The van der Waals surface area contributed by atoms with E-state index in [9.17, 15) is 8.42 Å². The van der Waals surface area contributed by atoms with Crippen molar-refractivity contribution in [2.75, 3.05) is 13.1 Å². The van der Waals surface area contributed by atoms with Crippen LogP contribution in [0.15, 0.2) is 18.6 Å². The lowest BCUT2D eigenvalue weighted by Crippen LogP contribution is -2.46. The number of piperidine rings is 1. The molecule has 3 rings (SSSR count). The van der Waals surface area contributed by atoms with Crippen LogP contribution in [0.2, 0.25) is 0 Å². The minimum absolute atomic E-state index is 0.0227. The highest BCUT2D eigenvalue weighted by atomic mass is 32.2. The molecule has 0 N–H and O–H groups in total. The van der Waals surface area contributed by atoms with Gasteiger partial charge in [-0.2, -0.15) is 0 Å². The Hall–Kier alpha value is -1.21. The Morgan fingerprint density at radius 3 is 2.41 bits per heavy atom. The lowest BCUT2D eigenvalue weighted by molar-refractivity contribution is 0.128. The van der Waals surface area contributed by atoms with Crippen LogP contribution in [-0.2, 0) is 10.0 Å². The van der Waals surface area contributed by atoms with Crippen molar-refractivity contribution < 1.29 is 13.2 Å². The molecule has 2 fully saturated rings. The number of hydrogen-bond donors (Lipinski definition) is 0. The SMILES string of the molecule is O=S(=O)(C1CCCCC1)N1CCC(Oc2cnccn2)CC1. The van der Waals surface area contributed by atoms with Crippen molar-refractivity contribution >= 4 is 10.0 Å². The Bertz CT molecular complexity index is 565. The maximum absolute atomic E-state index is 12.7. The zero-order valence-electron chi connectivity index (χ0n) is 12.7. The molecule has 0 aromatic carbocycles. The molecule has 1 aliphatic carbocycles. The van der Waals surface area contributed by atoms with Gasteiger partial charge in [-0.05, 0) is 25.7 Å². The van der Waals surface area contributed by atoms with Crippen LogP contribution < -0.4 is 4.74 Å². The summed E-state index contributed by atoms with van der Waals surface area (Å²) < 4.78 is 32.8. The van der Waals surface area contributed by atoms with Crippen molar-refractivity contribution in [3.05, 3.63) is 18.6 Å². The first kappa shape index (κ1) is 15.7. The summed E-state index contributed by atoms with van der Waals surface area (Å²) in [5, 5.41) is -0.168. The fourth-order valence-corrected chi connectivity index (χ4v) is 5.37. The molecular formula is C15H23N3O3S. The van der Waals surface area contributed by atoms with Gasteiger partial charge in [0, 0.05) is 25.5 Å². The minimum Gasteiger partial charge on any atom is -0.473 e. The van der Waals surface area contributed by atoms with E-state index in [2.05, 4.69) is 9.97 Å². The molecule has 0 radical (unpaired) electrons. The van der Waals surface area contributed by atoms with Gasteiger partial charge in [0.1, 0.15) is 6.10 Å². The molecule has 122 valence electrons. The van der Waals surface area contributed by atoms with Crippen molar-refractivity contribution in [1.82, 2.24) is 14.3 Å². The van der Waals surface area contributed by atoms with Gasteiger partial charge in [0.15, 0.2) is 0 Å². The summed E-state index contributed by atoms with van der Waals surface area (Å²) >= 11 is 0. The maximum atomic E-state index is 12.7. The lowest BCUT2D eigenvalue weighted by Gasteiger charge is -2.34. The van der Waals surface area contributed by atoms with Gasteiger partial charge >= 0.3 is 0 Å². The fraction of sp³-hybridized carbons (Fsp3) is 0.733. The van der Waals surface area contributed by atoms with Crippen LogP contribution in [0, 0.1) is 0 Å². The zero-order chi connectivity index (χ0) is 15.4. The first-order valence-electron chi connectivity index (χ1n) is 8.08. The van der Waals surface area contributed by atoms with Gasteiger partial charge in [0.05, 0.1) is 11.4 Å². The average molecular weight is 325 g/mol. The summed E-state index contributed by atoms with van der Waals surface area (Å²) in [6.07, 6.45) is 11.1. The summed E-state index contributed by atoms with van der Waals surface area (Å²) in [7, 11) is -3.13. The molecule has 1 saturated carbocycles. The highest BCUT2D eigenvalue weighted by molar-refractivity contribution is 7.89. The summed E-state index contributed by atoms with van der Waals surface area (Å²) in [6.45, 7) is 1.09. The summed E-state index contributed by atoms with van der Waals surface area (Å²) in [4.78, 5) is 8.07. The van der Waals surface area contributed by atoms with Crippen molar-refractivity contribution in [3.8, 4) is 5.88 Å². The number of aromatic nitrogens is 2. The van der Waals surface area contributed by atoms with E-state index in [1.165, 1.54) is 6.42 Å². The Labute approximate surface area is 132 Å². The monoisotopic (exact) mass is 325 g/mol. The topological polar surface area (TPSA) is 72.4 Å². The Morgan fingerprint density at radius 2 is 1.77 bits per heavy atom. The smallest absolute Gasteiger partial charge is 0.232 e. The largest absolute Gasteiger partial charge is 0.473 e. The number of rotatable bonds is 4. The van der Waals surface area contributed by atoms with Gasteiger partial charge in [-0.3, -0.25) is 4.98 Å². The van der Waals surface area contributed by atoms with Gasteiger partial charge < -0.3 is 4.74 Å². The van der Waals surface area contributed by atoms with E-state index in [4.69, 9.17) is 4.74 Å². The van der Waals surface area contributed by atoms with E-state index >= 15 is 0 Å². The first-order chi connectivity index (χ1) is 10.7. The van der Waals surface area contributed by atoms with Crippen molar-refractivity contribution in [1.29, 1.82) is 0 Å². The second-order valence-electron chi connectivity index (χ2n) is 6.06. The standard InChI is InChI=1S/C15H23N3O3S/c19-22(20,14-4-2-1-3-5-14)18-10-6-13(7-11-18)21-15-12-16-8-9-17-15/h8-9,12-14H,1-7,10-11H2. The van der Waals surface area contributed by atoms with Crippen LogP contribution in [0.1, 0.15) is 44.9 Å². The van der Waals surface area contributed by atoms with Crippen LogP contribution in [0.3, 0.4) is 0 Å². The van der Waals surface area contributed by atoms with Crippen LogP contribution in [0.4, 0.5) is 0 Å². The molecule has 0 unspecified atom stereocenters.